The number of likely N-dealkylation sites (tertiary alicyclic amines) is 1. The van der Waals surface area contributed by atoms with Gasteiger partial charge in [-0.3, -0.25) is 4.90 Å². The number of thioether (sulfide) groups is 1. The van der Waals surface area contributed by atoms with Crippen LogP contribution in [0.25, 0.3) is 0 Å². The van der Waals surface area contributed by atoms with Gasteiger partial charge in [0.2, 0.25) is 0 Å². The van der Waals surface area contributed by atoms with Crippen molar-refractivity contribution >= 4 is 11.8 Å². The summed E-state index contributed by atoms with van der Waals surface area (Å²) in [5.41, 5.74) is 6.31. The lowest BCUT2D eigenvalue weighted by atomic mass is 9.76. The van der Waals surface area contributed by atoms with Gasteiger partial charge in [-0.25, -0.2) is 0 Å². The highest BCUT2D eigenvalue weighted by Gasteiger charge is 2.39. The number of rotatable bonds is 3. The Balaban J connectivity index is 1.65. The van der Waals surface area contributed by atoms with Crippen molar-refractivity contribution in [1.82, 2.24) is 4.90 Å². The Labute approximate surface area is 125 Å². The van der Waals surface area contributed by atoms with E-state index in [1.54, 1.807) is 11.8 Å². The van der Waals surface area contributed by atoms with E-state index in [-0.39, 0.29) is 0 Å². The molecule has 2 aliphatic rings. The van der Waals surface area contributed by atoms with Crippen molar-refractivity contribution in [1.29, 1.82) is 0 Å². The van der Waals surface area contributed by atoms with Crippen LogP contribution < -0.4 is 5.73 Å². The molecule has 0 spiro atoms. The summed E-state index contributed by atoms with van der Waals surface area (Å²) in [6.07, 6.45) is 5.95. The van der Waals surface area contributed by atoms with Crippen LogP contribution in [0.15, 0.2) is 29.2 Å². The number of nitrogens with two attached hydrogens (primary N) is 1. The molecule has 110 valence electrons. The predicted octanol–water partition coefficient (Wildman–Crippen LogP) is 2.18. The van der Waals surface area contributed by atoms with Gasteiger partial charge in [-0.2, -0.15) is 0 Å². The molecule has 3 rings (SSSR count). The van der Waals surface area contributed by atoms with Crippen molar-refractivity contribution in [3.8, 4) is 0 Å². The summed E-state index contributed by atoms with van der Waals surface area (Å²) in [4.78, 5) is 3.70. The molecule has 0 atom stereocenters. The Morgan fingerprint density at radius 3 is 2.60 bits per heavy atom. The molecule has 0 bridgehead atoms. The molecule has 1 aromatic rings. The van der Waals surface area contributed by atoms with Crippen LogP contribution in [-0.2, 0) is 5.60 Å². The molecule has 3 N–H and O–H groups in total. The second-order valence-electron chi connectivity index (χ2n) is 6.21. The van der Waals surface area contributed by atoms with Crippen LogP contribution in [0.1, 0.15) is 31.2 Å². The smallest absolute Gasteiger partial charge is 0.0898 e. The molecule has 4 heteroatoms. The van der Waals surface area contributed by atoms with Gasteiger partial charge in [-0.05, 0) is 49.6 Å². The van der Waals surface area contributed by atoms with Gasteiger partial charge in [0.1, 0.15) is 0 Å². The lowest BCUT2D eigenvalue weighted by Crippen LogP contribution is -2.60. The fraction of sp³-hybridized carbons (Fsp3) is 0.625. The molecule has 1 heterocycles. The lowest BCUT2D eigenvalue weighted by Gasteiger charge is -2.47. The molecule has 3 nitrogen and oxygen atoms in total. The minimum absolute atomic E-state index is 0.370. The first-order valence-electron chi connectivity index (χ1n) is 7.47. The predicted molar refractivity (Wildman–Crippen MR) is 83.9 cm³/mol. The van der Waals surface area contributed by atoms with Gasteiger partial charge in [-0.1, -0.05) is 12.1 Å². The molecule has 0 aromatic heterocycles. The second kappa shape index (κ2) is 5.68. The van der Waals surface area contributed by atoms with Gasteiger partial charge in [0, 0.05) is 30.1 Å². The Hall–Kier alpha value is -0.550. The molecule has 1 aliphatic heterocycles. The lowest BCUT2D eigenvalue weighted by molar-refractivity contribution is -0.0377. The van der Waals surface area contributed by atoms with Crippen molar-refractivity contribution in [2.45, 2.75) is 48.3 Å². The fourth-order valence-electron chi connectivity index (χ4n) is 3.49. The SMILES string of the molecule is CSc1cccc(C2(O)CCC(N3CC(N)C3)CC2)c1. The van der Waals surface area contributed by atoms with Crippen LogP contribution >= 0.6 is 11.8 Å². The third-order valence-electron chi connectivity index (χ3n) is 4.84. The maximum Gasteiger partial charge on any atom is 0.0898 e. The zero-order chi connectivity index (χ0) is 14.2. The van der Waals surface area contributed by atoms with E-state index in [1.165, 1.54) is 4.90 Å². The van der Waals surface area contributed by atoms with Crippen molar-refractivity contribution in [2.24, 2.45) is 5.73 Å². The summed E-state index contributed by atoms with van der Waals surface area (Å²) in [7, 11) is 0. The number of hydrogen-bond donors (Lipinski definition) is 2. The molecule has 0 radical (unpaired) electrons. The third-order valence-corrected chi connectivity index (χ3v) is 5.57. The second-order valence-corrected chi connectivity index (χ2v) is 7.09. The number of benzene rings is 1. The molecule has 1 aromatic carbocycles. The summed E-state index contributed by atoms with van der Waals surface area (Å²) in [5.74, 6) is 0. The maximum absolute atomic E-state index is 11.0. The highest BCUT2D eigenvalue weighted by molar-refractivity contribution is 7.98. The Bertz CT molecular complexity index is 465. The number of aliphatic hydroxyl groups is 1. The van der Waals surface area contributed by atoms with E-state index in [4.69, 9.17) is 5.73 Å². The zero-order valence-corrected chi connectivity index (χ0v) is 12.9. The fourth-order valence-corrected chi connectivity index (χ4v) is 3.95. The van der Waals surface area contributed by atoms with E-state index < -0.39 is 5.60 Å². The van der Waals surface area contributed by atoms with Gasteiger partial charge in [0.15, 0.2) is 0 Å². The van der Waals surface area contributed by atoms with Crippen molar-refractivity contribution in [3.63, 3.8) is 0 Å². The number of nitrogens with zero attached hydrogens (tertiary/aromatic N) is 1. The highest BCUT2D eigenvalue weighted by Crippen LogP contribution is 2.40. The first-order chi connectivity index (χ1) is 9.60. The van der Waals surface area contributed by atoms with Gasteiger partial charge < -0.3 is 10.8 Å². The van der Waals surface area contributed by atoms with E-state index in [2.05, 4.69) is 35.4 Å². The van der Waals surface area contributed by atoms with Gasteiger partial charge in [-0.15, -0.1) is 11.8 Å². The van der Waals surface area contributed by atoms with E-state index in [0.29, 0.717) is 12.1 Å². The molecular weight excluding hydrogens is 268 g/mol. The molecule has 0 amide bonds. The van der Waals surface area contributed by atoms with Crippen LogP contribution in [0.3, 0.4) is 0 Å². The van der Waals surface area contributed by atoms with Crippen LogP contribution in [-0.4, -0.2) is 41.4 Å². The standard InChI is InChI=1S/C16H24N2OS/c1-20-15-4-2-3-12(9-15)16(19)7-5-14(6-8-16)18-10-13(17)11-18/h2-4,9,13-14,19H,5-8,10-11,17H2,1H3. The molecule has 1 saturated carbocycles. The Morgan fingerprint density at radius 2 is 2.00 bits per heavy atom. The summed E-state index contributed by atoms with van der Waals surface area (Å²) in [6.45, 7) is 2.07. The van der Waals surface area contributed by atoms with Crippen LogP contribution in [0.2, 0.25) is 0 Å². The molecule has 1 aliphatic carbocycles. The van der Waals surface area contributed by atoms with E-state index in [9.17, 15) is 5.11 Å². The van der Waals surface area contributed by atoms with Crippen LogP contribution in [0.4, 0.5) is 0 Å². The van der Waals surface area contributed by atoms with Crippen molar-refractivity contribution in [2.75, 3.05) is 19.3 Å². The molecular formula is C16H24N2OS. The normalized spacial score (nSPS) is 32.0. The Morgan fingerprint density at radius 1 is 1.30 bits per heavy atom. The van der Waals surface area contributed by atoms with Crippen LogP contribution in [0.5, 0.6) is 0 Å². The monoisotopic (exact) mass is 292 g/mol. The molecule has 2 fully saturated rings. The van der Waals surface area contributed by atoms with Crippen molar-refractivity contribution in [3.05, 3.63) is 29.8 Å². The van der Waals surface area contributed by atoms with Gasteiger partial charge in [0.05, 0.1) is 5.60 Å². The topological polar surface area (TPSA) is 49.5 Å². The summed E-state index contributed by atoms with van der Waals surface area (Å²) >= 11 is 1.73. The minimum Gasteiger partial charge on any atom is -0.385 e. The van der Waals surface area contributed by atoms with Gasteiger partial charge in [0.25, 0.3) is 0 Å². The average molecular weight is 292 g/mol. The summed E-state index contributed by atoms with van der Waals surface area (Å²) in [5, 5.41) is 11.0. The summed E-state index contributed by atoms with van der Waals surface area (Å²) in [6, 6.07) is 9.36. The molecule has 0 unspecified atom stereocenters. The first kappa shape index (κ1) is 14.4. The Kier molecular flexibility index (Phi) is 4.09. The van der Waals surface area contributed by atoms with E-state index in [1.807, 2.05) is 0 Å². The van der Waals surface area contributed by atoms with Crippen LogP contribution in [0, 0.1) is 0 Å². The number of hydrogen-bond acceptors (Lipinski definition) is 4. The third kappa shape index (κ3) is 2.75. The van der Waals surface area contributed by atoms with E-state index >= 15 is 0 Å². The van der Waals surface area contributed by atoms with Crippen molar-refractivity contribution < 1.29 is 5.11 Å². The summed E-state index contributed by atoms with van der Waals surface area (Å²) < 4.78 is 0. The zero-order valence-electron chi connectivity index (χ0n) is 12.1. The molecule has 20 heavy (non-hydrogen) atoms. The average Bonchev–Trinajstić information content (AvgIpc) is 2.45. The molecule has 1 saturated heterocycles. The van der Waals surface area contributed by atoms with Gasteiger partial charge >= 0.3 is 0 Å². The highest BCUT2D eigenvalue weighted by atomic mass is 32.2. The first-order valence-corrected chi connectivity index (χ1v) is 8.70. The minimum atomic E-state index is -0.630. The quantitative estimate of drug-likeness (QED) is 0.839. The van der Waals surface area contributed by atoms with E-state index in [0.717, 1.165) is 44.3 Å². The largest absolute Gasteiger partial charge is 0.385 e. The maximum atomic E-state index is 11.0.